The number of ether oxygens (including phenoxy) is 2. The van der Waals surface area contributed by atoms with Gasteiger partial charge in [-0.25, -0.2) is 4.39 Å². The van der Waals surface area contributed by atoms with E-state index >= 15 is 0 Å². The van der Waals surface area contributed by atoms with Gasteiger partial charge in [0, 0.05) is 31.0 Å². The van der Waals surface area contributed by atoms with Gasteiger partial charge in [0.25, 0.3) is 0 Å². The molecule has 0 saturated carbocycles. The molecule has 2 aromatic carbocycles. The minimum atomic E-state index is -0.400. The number of pyridine rings is 1. The summed E-state index contributed by atoms with van der Waals surface area (Å²) in [6, 6.07) is 12.4. The van der Waals surface area contributed by atoms with Gasteiger partial charge in [-0.3, -0.25) is 4.98 Å². The van der Waals surface area contributed by atoms with Crippen LogP contribution in [0.15, 0.2) is 59.3 Å². The van der Waals surface area contributed by atoms with Gasteiger partial charge in [-0.15, -0.1) is 0 Å². The molecule has 0 fully saturated rings. The zero-order valence-electron chi connectivity index (χ0n) is 15.9. The quantitative estimate of drug-likeness (QED) is 0.415. The number of halogens is 3. The van der Waals surface area contributed by atoms with E-state index in [1.165, 1.54) is 6.07 Å². The smallest absolute Gasteiger partial charge is 0.175 e. The van der Waals surface area contributed by atoms with E-state index in [-0.39, 0.29) is 6.61 Å². The van der Waals surface area contributed by atoms with Crippen LogP contribution in [0.4, 0.5) is 4.39 Å². The molecule has 0 bridgehead atoms. The lowest BCUT2D eigenvalue weighted by Crippen LogP contribution is -2.13. The van der Waals surface area contributed by atoms with Gasteiger partial charge in [0.1, 0.15) is 12.4 Å². The molecule has 0 saturated heterocycles. The summed E-state index contributed by atoms with van der Waals surface area (Å²) in [7, 11) is 0. The first kappa shape index (κ1) is 21.6. The Morgan fingerprint density at radius 3 is 2.66 bits per heavy atom. The predicted molar refractivity (Wildman–Crippen MR) is 116 cm³/mol. The Labute approximate surface area is 183 Å². The molecule has 7 heteroatoms. The number of hydrogen-bond acceptors (Lipinski definition) is 4. The molecule has 0 radical (unpaired) electrons. The summed E-state index contributed by atoms with van der Waals surface area (Å²) in [4.78, 5) is 4.11. The van der Waals surface area contributed by atoms with Crippen LogP contribution in [0.25, 0.3) is 0 Å². The molecule has 1 aromatic heterocycles. The van der Waals surface area contributed by atoms with Crippen LogP contribution in [0.1, 0.15) is 23.6 Å². The highest BCUT2D eigenvalue weighted by atomic mass is 79.9. The van der Waals surface area contributed by atoms with Crippen molar-refractivity contribution in [1.82, 2.24) is 10.3 Å². The summed E-state index contributed by atoms with van der Waals surface area (Å²) in [6.07, 6.45) is 3.58. The SMILES string of the molecule is CCOc1cc(CNCc2cccnc2)cc(Br)c1OCc1c(F)cccc1Cl. The number of nitrogens with zero attached hydrogens (tertiary/aromatic N) is 1. The molecule has 4 nitrogen and oxygen atoms in total. The number of aromatic nitrogens is 1. The van der Waals surface area contributed by atoms with E-state index in [9.17, 15) is 4.39 Å². The van der Waals surface area contributed by atoms with Crippen molar-refractivity contribution in [2.45, 2.75) is 26.6 Å². The van der Waals surface area contributed by atoms with Crippen LogP contribution in [-0.4, -0.2) is 11.6 Å². The first-order chi connectivity index (χ1) is 14.1. The van der Waals surface area contributed by atoms with Crippen molar-refractivity contribution >= 4 is 27.5 Å². The first-order valence-corrected chi connectivity index (χ1v) is 10.4. The van der Waals surface area contributed by atoms with Gasteiger partial charge < -0.3 is 14.8 Å². The van der Waals surface area contributed by atoms with E-state index in [1.807, 2.05) is 37.4 Å². The zero-order chi connectivity index (χ0) is 20.6. The van der Waals surface area contributed by atoms with Crippen LogP contribution in [-0.2, 0) is 19.7 Å². The largest absolute Gasteiger partial charge is 0.490 e. The fraction of sp³-hybridized carbons (Fsp3) is 0.227. The molecule has 0 unspecified atom stereocenters. The van der Waals surface area contributed by atoms with Crippen LogP contribution >= 0.6 is 27.5 Å². The average Bonchev–Trinajstić information content (AvgIpc) is 2.70. The fourth-order valence-corrected chi connectivity index (χ4v) is 3.62. The van der Waals surface area contributed by atoms with Crippen LogP contribution in [0.2, 0.25) is 5.02 Å². The summed E-state index contributed by atoms with van der Waals surface area (Å²) in [5.41, 5.74) is 2.45. The summed E-state index contributed by atoms with van der Waals surface area (Å²) >= 11 is 9.64. The van der Waals surface area contributed by atoms with Gasteiger partial charge in [0.15, 0.2) is 11.5 Å². The molecule has 0 aliphatic heterocycles. The third-order valence-corrected chi connectivity index (χ3v) is 5.12. The monoisotopic (exact) mass is 478 g/mol. The summed E-state index contributed by atoms with van der Waals surface area (Å²) in [5.74, 6) is 0.706. The van der Waals surface area contributed by atoms with Crippen molar-refractivity contribution in [3.8, 4) is 11.5 Å². The molecule has 0 aliphatic carbocycles. The molecule has 0 aliphatic rings. The second-order valence-corrected chi connectivity index (χ2v) is 7.55. The standard InChI is InChI=1S/C22H21BrClFN2O2/c1-2-28-21-10-16(13-27-12-15-5-4-8-26-11-15)9-18(23)22(21)29-14-17-19(24)6-3-7-20(17)25/h3-11,27H,2,12-14H2,1H3. The fourth-order valence-electron chi connectivity index (χ4n) is 2.79. The highest BCUT2D eigenvalue weighted by molar-refractivity contribution is 9.10. The number of hydrogen-bond donors (Lipinski definition) is 1. The molecular weight excluding hydrogens is 459 g/mol. The van der Waals surface area contributed by atoms with Crippen LogP contribution < -0.4 is 14.8 Å². The highest BCUT2D eigenvalue weighted by Gasteiger charge is 2.15. The van der Waals surface area contributed by atoms with Gasteiger partial charge in [-0.1, -0.05) is 23.7 Å². The van der Waals surface area contributed by atoms with Gasteiger partial charge in [-0.2, -0.15) is 0 Å². The summed E-state index contributed by atoms with van der Waals surface area (Å²) < 4.78 is 26.4. The van der Waals surface area contributed by atoms with Crippen molar-refractivity contribution in [1.29, 1.82) is 0 Å². The maximum absolute atomic E-state index is 14.0. The average molecular weight is 480 g/mol. The Balaban J connectivity index is 1.72. The third-order valence-electron chi connectivity index (χ3n) is 4.17. The predicted octanol–water partition coefficient (Wildman–Crippen LogP) is 5.90. The lowest BCUT2D eigenvalue weighted by Gasteiger charge is -2.16. The molecule has 0 amide bonds. The molecule has 1 N–H and O–H groups in total. The third kappa shape index (κ3) is 5.92. The van der Waals surface area contributed by atoms with Crippen LogP contribution in [0.3, 0.4) is 0 Å². The minimum Gasteiger partial charge on any atom is -0.490 e. The topological polar surface area (TPSA) is 43.4 Å². The number of nitrogens with one attached hydrogen (secondary N) is 1. The molecule has 3 rings (SSSR count). The van der Waals surface area contributed by atoms with Gasteiger partial charge in [-0.05, 0) is 64.3 Å². The number of rotatable bonds is 9. The van der Waals surface area contributed by atoms with E-state index in [0.717, 1.165) is 15.6 Å². The van der Waals surface area contributed by atoms with E-state index in [0.29, 0.717) is 41.8 Å². The maximum Gasteiger partial charge on any atom is 0.175 e. The van der Waals surface area contributed by atoms with E-state index in [1.54, 1.807) is 18.3 Å². The van der Waals surface area contributed by atoms with Gasteiger partial charge in [0.05, 0.1) is 16.1 Å². The molecule has 0 spiro atoms. The first-order valence-electron chi connectivity index (χ1n) is 9.19. The van der Waals surface area contributed by atoms with Crippen molar-refractivity contribution < 1.29 is 13.9 Å². The van der Waals surface area contributed by atoms with E-state index < -0.39 is 5.82 Å². The lowest BCUT2D eigenvalue weighted by atomic mass is 10.2. The summed E-state index contributed by atoms with van der Waals surface area (Å²) in [5, 5.41) is 3.71. The van der Waals surface area contributed by atoms with Crippen molar-refractivity contribution in [3.63, 3.8) is 0 Å². The Bertz CT molecular complexity index is 937. The second kappa shape index (κ2) is 10.6. The highest BCUT2D eigenvalue weighted by Crippen LogP contribution is 2.38. The molecular formula is C22H21BrClFN2O2. The Kier molecular flexibility index (Phi) is 7.86. The van der Waals surface area contributed by atoms with Crippen LogP contribution in [0, 0.1) is 5.82 Å². The maximum atomic E-state index is 14.0. The normalized spacial score (nSPS) is 10.8. The van der Waals surface area contributed by atoms with Crippen molar-refractivity contribution in [2.24, 2.45) is 0 Å². The lowest BCUT2D eigenvalue weighted by molar-refractivity contribution is 0.264. The van der Waals surface area contributed by atoms with Crippen LogP contribution in [0.5, 0.6) is 11.5 Å². The molecule has 29 heavy (non-hydrogen) atoms. The molecule has 0 atom stereocenters. The van der Waals surface area contributed by atoms with Crippen molar-refractivity contribution in [2.75, 3.05) is 6.61 Å². The number of benzene rings is 2. The minimum absolute atomic E-state index is 0.00276. The Hall–Kier alpha value is -2.15. The zero-order valence-corrected chi connectivity index (χ0v) is 18.3. The van der Waals surface area contributed by atoms with Crippen molar-refractivity contribution in [3.05, 3.63) is 86.9 Å². The molecule has 1 heterocycles. The van der Waals surface area contributed by atoms with E-state index in [4.69, 9.17) is 21.1 Å². The van der Waals surface area contributed by atoms with Gasteiger partial charge >= 0.3 is 0 Å². The Morgan fingerprint density at radius 1 is 1.10 bits per heavy atom. The molecule has 3 aromatic rings. The second-order valence-electron chi connectivity index (χ2n) is 6.29. The van der Waals surface area contributed by atoms with Gasteiger partial charge in [0.2, 0.25) is 0 Å². The van der Waals surface area contributed by atoms with E-state index in [2.05, 4.69) is 26.2 Å². The molecule has 152 valence electrons. The Morgan fingerprint density at radius 2 is 1.93 bits per heavy atom. The summed E-state index contributed by atoms with van der Waals surface area (Å²) in [6.45, 7) is 3.74.